The van der Waals surface area contributed by atoms with Crippen molar-refractivity contribution in [3.63, 3.8) is 0 Å². The van der Waals surface area contributed by atoms with Crippen molar-refractivity contribution >= 4 is 23.2 Å². The molecule has 0 saturated carbocycles. The van der Waals surface area contributed by atoms with Crippen LogP contribution < -0.4 is 5.32 Å². The van der Waals surface area contributed by atoms with E-state index >= 15 is 0 Å². The third-order valence-corrected chi connectivity index (χ3v) is 2.70. The minimum Gasteiger partial charge on any atom is -0.322 e. The second-order valence-corrected chi connectivity index (χ2v) is 4.25. The van der Waals surface area contributed by atoms with E-state index < -0.39 is 34.7 Å². The Bertz CT molecular complexity index is 673. The first-order chi connectivity index (χ1) is 9.40. The van der Waals surface area contributed by atoms with Crippen LogP contribution in [0.15, 0.2) is 30.3 Å². The van der Waals surface area contributed by atoms with Gasteiger partial charge in [0, 0.05) is 10.7 Å². The topological polar surface area (TPSA) is 29.1 Å². The molecule has 0 bridgehead atoms. The third kappa shape index (κ3) is 2.75. The number of hydrogen-bond donors (Lipinski definition) is 1. The van der Waals surface area contributed by atoms with Crippen molar-refractivity contribution in [1.82, 2.24) is 0 Å². The Labute approximate surface area is 116 Å². The van der Waals surface area contributed by atoms with Gasteiger partial charge < -0.3 is 5.32 Å². The fraction of sp³-hybridized carbons (Fsp3) is 0. The minimum absolute atomic E-state index is 0.240. The molecule has 2 rings (SSSR count). The van der Waals surface area contributed by atoms with Crippen LogP contribution in [-0.4, -0.2) is 5.91 Å². The summed E-state index contributed by atoms with van der Waals surface area (Å²) in [4.78, 5) is 11.7. The van der Waals surface area contributed by atoms with E-state index in [0.29, 0.717) is 11.1 Å². The van der Waals surface area contributed by atoms with Crippen molar-refractivity contribution in [1.29, 1.82) is 0 Å². The number of carbonyl (C=O) groups is 1. The zero-order valence-electron chi connectivity index (χ0n) is 9.68. The van der Waals surface area contributed by atoms with E-state index in [-0.39, 0.29) is 5.69 Å². The lowest BCUT2D eigenvalue weighted by Crippen LogP contribution is -2.16. The van der Waals surface area contributed by atoms with Gasteiger partial charge in [0.1, 0.15) is 0 Å². The van der Waals surface area contributed by atoms with Gasteiger partial charge in [-0.3, -0.25) is 4.79 Å². The van der Waals surface area contributed by atoms with Gasteiger partial charge in [0.05, 0.1) is 5.56 Å². The largest absolute Gasteiger partial charge is 0.322 e. The molecule has 0 atom stereocenters. The molecule has 7 heteroatoms. The fourth-order valence-electron chi connectivity index (χ4n) is 1.47. The van der Waals surface area contributed by atoms with E-state index in [2.05, 4.69) is 5.32 Å². The van der Waals surface area contributed by atoms with Crippen LogP contribution in [0.2, 0.25) is 5.02 Å². The average Bonchev–Trinajstić information content (AvgIpc) is 2.43. The molecular formula is C13H6ClF4NO. The lowest BCUT2D eigenvalue weighted by atomic mass is 10.1. The average molecular weight is 304 g/mol. The van der Waals surface area contributed by atoms with E-state index in [4.69, 9.17) is 11.6 Å². The number of rotatable bonds is 2. The molecule has 0 fully saturated rings. The molecular weight excluding hydrogens is 298 g/mol. The molecule has 0 saturated heterocycles. The van der Waals surface area contributed by atoms with Gasteiger partial charge in [-0.15, -0.1) is 0 Å². The molecule has 2 nitrogen and oxygen atoms in total. The van der Waals surface area contributed by atoms with Crippen molar-refractivity contribution in [2.24, 2.45) is 0 Å². The fourth-order valence-corrected chi connectivity index (χ4v) is 1.60. The highest BCUT2D eigenvalue weighted by atomic mass is 35.5. The number of carbonyl (C=O) groups excluding carboxylic acids is 1. The van der Waals surface area contributed by atoms with Gasteiger partial charge in [0.2, 0.25) is 0 Å². The van der Waals surface area contributed by atoms with Crippen LogP contribution in [0.1, 0.15) is 10.4 Å². The molecule has 0 aliphatic rings. The van der Waals surface area contributed by atoms with E-state index in [1.807, 2.05) is 0 Å². The molecule has 20 heavy (non-hydrogen) atoms. The quantitative estimate of drug-likeness (QED) is 0.504. The Morgan fingerprint density at radius 1 is 0.950 bits per heavy atom. The number of hydrogen-bond acceptors (Lipinski definition) is 1. The van der Waals surface area contributed by atoms with Crippen LogP contribution in [0.25, 0.3) is 0 Å². The summed E-state index contributed by atoms with van der Waals surface area (Å²) in [5, 5.41) is 2.62. The predicted molar refractivity (Wildman–Crippen MR) is 65.7 cm³/mol. The van der Waals surface area contributed by atoms with Crippen molar-refractivity contribution in [3.05, 3.63) is 64.2 Å². The monoisotopic (exact) mass is 303 g/mol. The summed E-state index contributed by atoms with van der Waals surface area (Å²) < 4.78 is 52.2. The summed E-state index contributed by atoms with van der Waals surface area (Å²) in [5.41, 5.74) is -0.694. The van der Waals surface area contributed by atoms with Crippen molar-refractivity contribution in [3.8, 4) is 0 Å². The molecule has 2 aromatic carbocycles. The SMILES string of the molecule is O=C(Nc1ccc(Cl)cc1)c1cc(F)c(F)c(F)c1F. The van der Waals surface area contributed by atoms with Gasteiger partial charge in [0.25, 0.3) is 5.91 Å². The number of benzene rings is 2. The maximum Gasteiger partial charge on any atom is 0.258 e. The van der Waals surface area contributed by atoms with Crippen molar-refractivity contribution in [2.45, 2.75) is 0 Å². The Hall–Kier alpha value is -2.08. The highest BCUT2D eigenvalue weighted by Crippen LogP contribution is 2.20. The minimum atomic E-state index is -2.04. The molecule has 0 aliphatic heterocycles. The predicted octanol–water partition coefficient (Wildman–Crippen LogP) is 4.15. The van der Waals surface area contributed by atoms with Gasteiger partial charge in [-0.25, -0.2) is 17.6 Å². The van der Waals surface area contributed by atoms with Crippen molar-refractivity contribution < 1.29 is 22.4 Å². The molecule has 0 aromatic heterocycles. The van der Waals surface area contributed by atoms with Gasteiger partial charge >= 0.3 is 0 Å². The number of nitrogens with one attached hydrogen (secondary N) is 1. The Kier molecular flexibility index (Phi) is 3.94. The summed E-state index contributed by atoms with van der Waals surface area (Å²) >= 11 is 5.64. The van der Waals surface area contributed by atoms with Crippen LogP contribution in [0, 0.1) is 23.3 Å². The second kappa shape index (κ2) is 5.50. The van der Waals surface area contributed by atoms with Crippen LogP contribution >= 0.6 is 11.6 Å². The molecule has 1 N–H and O–H groups in total. The lowest BCUT2D eigenvalue weighted by molar-refractivity contribution is 0.102. The van der Waals surface area contributed by atoms with E-state index in [9.17, 15) is 22.4 Å². The Balaban J connectivity index is 2.32. The summed E-state index contributed by atoms with van der Waals surface area (Å²) in [6.07, 6.45) is 0. The van der Waals surface area contributed by atoms with E-state index in [0.717, 1.165) is 0 Å². The van der Waals surface area contributed by atoms with Crippen LogP contribution in [0.4, 0.5) is 23.2 Å². The van der Waals surface area contributed by atoms with Crippen LogP contribution in [0.5, 0.6) is 0 Å². The first-order valence-corrected chi connectivity index (χ1v) is 5.68. The molecule has 0 radical (unpaired) electrons. The number of amides is 1. The van der Waals surface area contributed by atoms with Gasteiger partial charge in [-0.2, -0.15) is 0 Å². The Morgan fingerprint density at radius 3 is 2.15 bits per heavy atom. The molecule has 0 spiro atoms. The highest BCUT2D eigenvalue weighted by Gasteiger charge is 2.23. The smallest absolute Gasteiger partial charge is 0.258 e. The first-order valence-electron chi connectivity index (χ1n) is 5.30. The standard InChI is InChI=1S/C13H6ClF4NO/c14-6-1-3-7(4-2-6)19-13(20)8-5-9(15)11(17)12(18)10(8)16/h1-5H,(H,19,20). The molecule has 0 heterocycles. The highest BCUT2D eigenvalue weighted by molar-refractivity contribution is 6.30. The molecule has 0 unspecified atom stereocenters. The number of halogens is 5. The van der Waals surface area contributed by atoms with Crippen LogP contribution in [0.3, 0.4) is 0 Å². The summed E-state index contributed by atoms with van der Waals surface area (Å²) in [5.74, 6) is -8.51. The molecule has 1 amide bonds. The van der Waals surface area contributed by atoms with Gasteiger partial charge in [-0.05, 0) is 30.3 Å². The normalized spacial score (nSPS) is 10.4. The van der Waals surface area contributed by atoms with Gasteiger partial charge in [0.15, 0.2) is 23.3 Å². The van der Waals surface area contributed by atoms with Gasteiger partial charge in [-0.1, -0.05) is 11.6 Å². The molecule has 2 aromatic rings. The number of anilines is 1. The zero-order chi connectivity index (χ0) is 14.9. The maximum atomic E-state index is 13.4. The lowest BCUT2D eigenvalue weighted by Gasteiger charge is -2.07. The van der Waals surface area contributed by atoms with E-state index in [1.165, 1.54) is 24.3 Å². The third-order valence-electron chi connectivity index (χ3n) is 2.45. The zero-order valence-corrected chi connectivity index (χ0v) is 10.4. The maximum absolute atomic E-state index is 13.4. The van der Waals surface area contributed by atoms with E-state index in [1.54, 1.807) is 0 Å². The Morgan fingerprint density at radius 2 is 1.55 bits per heavy atom. The second-order valence-electron chi connectivity index (χ2n) is 3.81. The summed E-state index contributed by atoms with van der Waals surface area (Å²) in [6.45, 7) is 0. The summed E-state index contributed by atoms with van der Waals surface area (Å²) in [7, 11) is 0. The molecule has 104 valence electrons. The molecule has 0 aliphatic carbocycles. The first kappa shape index (κ1) is 14.3. The van der Waals surface area contributed by atoms with Crippen LogP contribution in [-0.2, 0) is 0 Å². The summed E-state index contributed by atoms with van der Waals surface area (Å²) in [6, 6.07) is 6.03. The van der Waals surface area contributed by atoms with Crippen molar-refractivity contribution in [2.75, 3.05) is 5.32 Å².